The van der Waals surface area contributed by atoms with Gasteiger partial charge >= 0.3 is 6.01 Å². The lowest BCUT2D eigenvalue weighted by Crippen LogP contribution is -2.38. The Balaban J connectivity index is 1.89. The van der Waals surface area contributed by atoms with Gasteiger partial charge in [0.25, 0.3) is 0 Å². The van der Waals surface area contributed by atoms with Crippen LogP contribution in [0, 0.1) is 11.8 Å². The number of rotatable bonds is 5. The van der Waals surface area contributed by atoms with E-state index in [-0.39, 0.29) is 0 Å². The first kappa shape index (κ1) is 13.3. The van der Waals surface area contributed by atoms with Crippen molar-refractivity contribution in [3.63, 3.8) is 0 Å². The minimum Gasteiger partial charge on any atom is -0.407 e. The summed E-state index contributed by atoms with van der Waals surface area (Å²) in [6, 6.07) is 0.682. The van der Waals surface area contributed by atoms with Crippen LogP contribution in [0.5, 0.6) is 0 Å². The van der Waals surface area contributed by atoms with Crippen LogP contribution in [-0.4, -0.2) is 29.8 Å². The third-order valence-electron chi connectivity index (χ3n) is 3.76. The SMILES string of the molecule is CCCNCc1nnc(N2CCC(C)C(C)C2)o1. The average molecular weight is 252 g/mol. The molecule has 0 radical (unpaired) electrons. The van der Waals surface area contributed by atoms with Crippen molar-refractivity contribution in [1.29, 1.82) is 0 Å². The van der Waals surface area contributed by atoms with E-state index in [4.69, 9.17) is 4.42 Å². The predicted octanol–water partition coefficient (Wildman–Crippen LogP) is 2.05. The lowest BCUT2D eigenvalue weighted by molar-refractivity contribution is 0.311. The molecule has 0 spiro atoms. The normalized spacial score (nSPS) is 24.5. The molecule has 1 fully saturated rings. The molecular weight excluding hydrogens is 228 g/mol. The van der Waals surface area contributed by atoms with E-state index in [0.29, 0.717) is 24.4 Å². The maximum atomic E-state index is 5.69. The van der Waals surface area contributed by atoms with Crippen molar-refractivity contribution in [2.24, 2.45) is 11.8 Å². The fraction of sp³-hybridized carbons (Fsp3) is 0.846. The van der Waals surface area contributed by atoms with E-state index in [1.807, 2.05) is 0 Å². The molecule has 18 heavy (non-hydrogen) atoms. The highest BCUT2D eigenvalue weighted by Gasteiger charge is 2.25. The molecule has 1 aliphatic rings. The lowest BCUT2D eigenvalue weighted by atomic mass is 9.89. The fourth-order valence-corrected chi connectivity index (χ4v) is 2.25. The molecule has 5 heteroatoms. The van der Waals surface area contributed by atoms with Gasteiger partial charge in [-0.15, -0.1) is 5.10 Å². The summed E-state index contributed by atoms with van der Waals surface area (Å²) in [5.41, 5.74) is 0. The van der Waals surface area contributed by atoms with E-state index in [9.17, 15) is 0 Å². The Bertz CT molecular complexity index is 366. The van der Waals surface area contributed by atoms with Crippen LogP contribution in [0.25, 0.3) is 0 Å². The van der Waals surface area contributed by atoms with Crippen molar-refractivity contribution in [2.45, 2.75) is 40.2 Å². The summed E-state index contributed by atoms with van der Waals surface area (Å²) in [6.45, 7) is 10.4. The Morgan fingerprint density at radius 2 is 2.17 bits per heavy atom. The molecule has 1 aromatic heterocycles. The summed E-state index contributed by atoms with van der Waals surface area (Å²) in [5.74, 6) is 2.16. The van der Waals surface area contributed by atoms with Gasteiger partial charge in [0.15, 0.2) is 0 Å². The van der Waals surface area contributed by atoms with Gasteiger partial charge in [0, 0.05) is 13.1 Å². The Morgan fingerprint density at radius 3 is 2.89 bits per heavy atom. The molecule has 2 heterocycles. The van der Waals surface area contributed by atoms with Crippen molar-refractivity contribution in [3.8, 4) is 0 Å². The van der Waals surface area contributed by atoms with Crippen LogP contribution in [0.15, 0.2) is 4.42 Å². The van der Waals surface area contributed by atoms with Gasteiger partial charge in [-0.3, -0.25) is 0 Å². The van der Waals surface area contributed by atoms with E-state index in [1.54, 1.807) is 0 Å². The highest BCUT2D eigenvalue weighted by atomic mass is 16.4. The zero-order valence-corrected chi connectivity index (χ0v) is 11.6. The van der Waals surface area contributed by atoms with Gasteiger partial charge in [-0.2, -0.15) is 0 Å². The summed E-state index contributed by atoms with van der Waals surface area (Å²) in [4.78, 5) is 2.21. The number of anilines is 1. The minimum absolute atomic E-state index is 0.667. The number of nitrogens with one attached hydrogen (secondary N) is 1. The molecule has 0 aliphatic carbocycles. The monoisotopic (exact) mass is 252 g/mol. The Hall–Kier alpha value is -1.10. The summed E-state index contributed by atoms with van der Waals surface area (Å²) in [7, 11) is 0. The van der Waals surface area contributed by atoms with E-state index in [0.717, 1.165) is 32.0 Å². The first-order valence-electron chi connectivity index (χ1n) is 6.98. The van der Waals surface area contributed by atoms with Gasteiger partial charge < -0.3 is 14.6 Å². The van der Waals surface area contributed by atoms with E-state index in [1.165, 1.54) is 6.42 Å². The van der Waals surface area contributed by atoms with Crippen molar-refractivity contribution in [1.82, 2.24) is 15.5 Å². The lowest BCUT2D eigenvalue weighted by Gasteiger charge is -2.33. The summed E-state index contributed by atoms with van der Waals surface area (Å²) in [5, 5.41) is 11.5. The first-order valence-corrected chi connectivity index (χ1v) is 6.98. The van der Waals surface area contributed by atoms with Crippen LogP contribution in [0.4, 0.5) is 6.01 Å². The van der Waals surface area contributed by atoms with Crippen LogP contribution >= 0.6 is 0 Å². The van der Waals surface area contributed by atoms with Crippen molar-refractivity contribution >= 4 is 6.01 Å². The zero-order chi connectivity index (χ0) is 13.0. The summed E-state index contributed by atoms with van der Waals surface area (Å²) < 4.78 is 5.69. The van der Waals surface area contributed by atoms with Crippen LogP contribution < -0.4 is 10.2 Å². The van der Waals surface area contributed by atoms with Gasteiger partial charge in [0.2, 0.25) is 5.89 Å². The fourth-order valence-electron chi connectivity index (χ4n) is 2.25. The van der Waals surface area contributed by atoms with Crippen LogP contribution in [0.2, 0.25) is 0 Å². The molecule has 2 unspecified atom stereocenters. The number of aromatic nitrogens is 2. The molecule has 1 N–H and O–H groups in total. The zero-order valence-electron chi connectivity index (χ0n) is 11.6. The standard InChI is InChI=1S/C13H24N4O/c1-4-6-14-8-12-15-16-13(18-12)17-7-5-10(2)11(3)9-17/h10-11,14H,4-9H2,1-3H3. The molecule has 2 atom stereocenters. The van der Waals surface area contributed by atoms with Crippen LogP contribution in [-0.2, 0) is 6.54 Å². The quantitative estimate of drug-likeness (QED) is 0.813. The second-order valence-corrected chi connectivity index (χ2v) is 5.34. The van der Waals surface area contributed by atoms with Crippen molar-refractivity contribution in [2.75, 3.05) is 24.5 Å². The molecule has 0 saturated carbocycles. The van der Waals surface area contributed by atoms with Crippen molar-refractivity contribution < 1.29 is 4.42 Å². The second-order valence-electron chi connectivity index (χ2n) is 5.34. The molecule has 102 valence electrons. The molecule has 0 bridgehead atoms. The van der Waals surface area contributed by atoms with Crippen LogP contribution in [0.3, 0.4) is 0 Å². The Morgan fingerprint density at radius 1 is 1.33 bits per heavy atom. The smallest absolute Gasteiger partial charge is 0.318 e. The maximum absolute atomic E-state index is 5.69. The highest BCUT2D eigenvalue weighted by molar-refractivity contribution is 5.25. The molecule has 1 saturated heterocycles. The number of nitrogens with zero attached hydrogens (tertiary/aromatic N) is 3. The number of piperidine rings is 1. The van der Waals surface area contributed by atoms with Gasteiger partial charge in [-0.1, -0.05) is 25.9 Å². The van der Waals surface area contributed by atoms with Gasteiger partial charge in [0.05, 0.1) is 6.54 Å². The minimum atomic E-state index is 0.667. The average Bonchev–Trinajstić information content (AvgIpc) is 2.82. The van der Waals surface area contributed by atoms with Gasteiger partial charge in [0.1, 0.15) is 0 Å². The molecular formula is C13H24N4O. The maximum Gasteiger partial charge on any atom is 0.318 e. The van der Waals surface area contributed by atoms with E-state index >= 15 is 0 Å². The number of hydrogen-bond donors (Lipinski definition) is 1. The van der Waals surface area contributed by atoms with Crippen molar-refractivity contribution in [3.05, 3.63) is 5.89 Å². The second kappa shape index (κ2) is 6.18. The third-order valence-corrected chi connectivity index (χ3v) is 3.76. The first-order chi connectivity index (χ1) is 8.70. The molecule has 1 aromatic rings. The van der Waals surface area contributed by atoms with Gasteiger partial charge in [-0.25, -0.2) is 0 Å². The molecule has 0 amide bonds. The molecule has 0 aromatic carbocycles. The highest BCUT2D eigenvalue weighted by Crippen LogP contribution is 2.25. The molecule has 2 rings (SSSR count). The molecule has 5 nitrogen and oxygen atoms in total. The Labute approximate surface area is 109 Å². The van der Waals surface area contributed by atoms with Crippen LogP contribution in [0.1, 0.15) is 39.5 Å². The summed E-state index contributed by atoms with van der Waals surface area (Å²) >= 11 is 0. The van der Waals surface area contributed by atoms with Gasteiger partial charge in [-0.05, 0) is 31.2 Å². The summed E-state index contributed by atoms with van der Waals surface area (Å²) in [6.07, 6.45) is 2.31. The Kier molecular flexibility index (Phi) is 4.58. The predicted molar refractivity (Wildman–Crippen MR) is 71.5 cm³/mol. The topological polar surface area (TPSA) is 54.2 Å². The molecule has 1 aliphatic heterocycles. The largest absolute Gasteiger partial charge is 0.407 e. The van der Waals surface area contributed by atoms with E-state index in [2.05, 4.69) is 41.2 Å². The number of hydrogen-bond acceptors (Lipinski definition) is 5. The third kappa shape index (κ3) is 3.22. The van der Waals surface area contributed by atoms with E-state index < -0.39 is 0 Å².